The first-order valence-electron chi connectivity index (χ1n) is 3.33. The minimum absolute atomic E-state index is 0.206. The molecule has 0 saturated heterocycles. The fourth-order valence-corrected chi connectivity index (χ4v) is 0.670. The second-order valence-corrected chi connectivity index (χ2v) is 2.46. The number of nitrogens with one attached hydrogen (secondary N) is 1. The van der Waals surface area contributed by atoms with E-state index in [2.05, 4.69) is 0 Å². The summed E-state index contributed by atoms with van der Waals surface area (Å²) < 4.78 is 0. The molecule has 5 heteroatoms. The van der Waals surface area contributed by atoms with Crippen LogP contribution in [0.3, 0.4) is 0 Å². The first-order chi connectivity index (χ1) is 5.11. The number of rotatable bonds is 4. The van der Waals surface area contributed by atoms with Gasteiger partial charge in [-0.15, -0.1) is 0 Å². The summed E-state index contributed by atoms with van der Waals surface area (Å²) in [6.07, 6.45) is 1.08. The Balaban J connectivity index is 3.76. The molecular weight excluding hydrogens is 146 g/mol. The monoisotopic (exact) mass is 159 g/mol. The van der Waals surface area contributed by atoms with Crippen molar-refractivity contribution in [1.82, 2.24) is 5.43 Å². The Morgan fingerprint density at radius 3 is 2.64 bits per heavy atom. The molecule has 1 unspecified atom stereocenters. The van der Waals surface area contributed by atoms with Gasteiger partial charge in [0.25, 0.3) is 5.91 Å². The number of hydrogen-bond donors (Lipinski definition) is 3. The number of aldehydes is 1. The second kappa shape index (κ2) is 4.81. The van der Waals surface area contributed by atoms with Gasteiger partial charge < -0.3 is 10.5 Å². The molecule has 0 radical (unpaired) electrons. The van der Waals surface area contributed by atoms with Crippen molar-refractivity contribution in [3.8, 4) is 0 Å². The maximum atomic E-state index is 10.7. The van der Waals surface area contributed by atoms with Crippen LogP contribution in [0.25, 0.3) is 0 Å². The van der Waals surface area contributed by atoms with Crippen LogP contribution in [0.4, 0.5) is 0 Å². The molecule has 64 valence electrons. The molecule has 0 aromatic heterocycles. The van der Waals surface area contributed by atoms with E-state index in [4.69, 9.17) is 11.6 Å². The maximum absolute atomic E-state index is 10.7. The Morgan fingerprint density at radius 2 is 2.27 bits per heavy atom. The van der Waals surface area contributed by atoms with Crippen LogP contribution in [0, 0.1) is 5.92 Å². The van der Waals surface area contributed by atoms with E-state index in [-0.39, 0.29) is 5.92 Å². The van der Waals surface area contributed by atoms with Crippen LogP contribution in [-0.4, -0.2) is 18.2 Å². The van der Waals surface area contributed by atoms with E-state index < -0.39 is 11.9 Å². The van der Waals surface area contributed by atoms with Crippen LogP contribution in [0.2, 0.25) is 0 Å². The summed E-state index contributed by atoms with van der Waals surface area (Å²) in [4.78, 5) is 20.8. The summed E-state index contributed by atoms with van der Waals surface area (Å²) in [5, 5.41) is 0. The van der Waals surface area contributed by atoms with Gasteiger partial charge in [0.15, 0.2) is 0 Å². The van der Waals surface area contributed by atoms with Crippen molar-refractivity contribution < 1.29 is 9.59 Å². The summed E-state index contributed by atoms with van der Waals surface area (Å²) in [5.74, 6) is 4.17. The fourth-order valence-electron chi connectivity index (χ4n) is 0.670. The molecular formula is C6H13N3O2. The summed E-state index contributed by atoms with van der Waals surface area (Å²) in [6, 6.07) is -0.694. The van der Waals surface area contributed by atoms with Gasteiger partial charge in [-0.2, -0.15) is 0 Å². The Bertz CT molecular complexity index is 149. The molecule has 0 aromatic carbocycles. The molecule has 2 atom stereocenters. The highest BCUT2D eigenvalue weighted by Gasteiger charge is 2.14. The lowest BCUT2D eigenvalue weighted by Gasteiger charge is -2.10. The van der Waals surface area contributed by atoms with Crippen molar-refractivity contribution in [1.29, 1.82) is 0 Å². The van der Waals surface area contributed by atoms with Crippen LogP contribution < -0.4 is 17.0 Å². The summed E-state index contributed by atoms with van der Waals surface area (Å²) in [6.45, 7) is 1.69. The van der Waals surface area contributed by atoms with Gasteiger partial charge in [0, 0.05) is 5.92 Å². The molecule has 1 amide bonds. The van der Waals surface area contributed by atoms with Crippen LogP contribution in [0.15, 0.2) is 0 Å². The van der Waals surface area contributed by atoms with Crippen LogP contribution in [-0.2, 0) is 9.59 Å². The van der Waals surface area contributed by atoms with Crippen molar-refractivity contribution in [2.45, 2.75) is 19.4 Å². The fraction of sp³-hybridized carbons (Fsp3) is 0.667. The first-order valence-corrected chi connectivity index (χ1v) is 3.33. The summed E-state index contributed by atoms with van der Waals surface area (Å²) >= 11 is 0. The SMILES string of the molecule is CC(C=O)C[C@H](N)C(=O)NN. The minimum atomic E-state index is -0.694. The number of carbonyl (C=O) groups is 2. The largest absolute Gasteiger partial charge is 0.320 e. The van der Waals surface area contributed by atoms with E-state index in [1.54, 1.807) is 6.92 Å². The molecule has 0 bridgehead atoms. The van der Waals surface area contributed by atoms with E-state index in [1.165, 1.54) is 0 Å². The zero-order chi connectivity index (χ0) is 8.85. The van der Waals surface area contributed by atoms with Crippen molar-refractivity contribution in [3.63, 3.8) is 0 Å². The van der Waals surface area contributed by atoms with Gasteiger partial charge in [0.1, 0.15) is 6.29 Å². The third-order valence-corrected chi connectivity index (χ3v) is 1.34. The zero-order valence-electron chi connectivity index (χ0n) is 6.41. The summed E-state index contributed by atoms with van der Waals surface area (Å²) in [5.41, 5.74) is 7.27. The lowest BCUT2D eigenvalue weighted by Crippen LogP contribution is -2.44. The smallest absolute Gasteiger partial charge is 0.250 e. The molecule has 5 N–H and O–H groups in total. The molecule has 0 fully saturated rings. The van der Waals surface area contributed by atoms with Crippen molar-refractivity contribution in [2.75, 3.05) is 0 Å². The number of carbonyl (C=O) groups excluding carboxylic acids is 2. The van der Waals surface area contributed by atoms with Crippen molar-refractivity contribution >= 4 is 12.2 Å². The normalized spacial score (nSPS) is 15.2. The van der Waals surface area contributed by atoms with Gasteiger partial charge in [-0.25, -0.2) is 5.84 Å². The molecule has 0 spiro atoms. The Kier molecular flexibility index (Phi) is 4.40. The van der Waals surface area contributed by atoms with Gasteiger partial charge >= 0.3 is 0 Å². The topological polar surface area (TPSA) is 98.2 Å². The lowest BCUT2D eigenvalue weighted by molar-refractivity contribution is -0.123. The van der Waals surface area contributed by atoms with Gasteiger partial charge in [0.05, 0.1) is 6.04 Å². The van der Waals surface area contributed by atoms with Gasteiger partial charge in [-0.1, -0.05) is 6.92 Å². The van der Waals surface area contributed by atoms with E-state index in [9.17, 15) is 9.59 Å². The molecule has 0 heterocycles. The third-order valence-electron chi connectivity index (χ3n) is 1.34. The van der Waals surface area contributed by atoms with Crippen molar-refractivity contribution in [3.05, 3.63) is 0 Å². The van der Waals surface area contributed by atoms with Crippen LogP contribution in [0.5, 0.6) is 0 Å². The number of hydrogen-bond acceptors (Lipinski definition) is 4. The molecule has 0 aromatic rings. The van der Waals surface area contributed by atoms with Crippen molar-refractivity contribution in [2.24, 2.45) is 17.5 Å². The predicted molar refractivity (Wildman–Crippen MR) is 40.2 cm³/mol. The average molecular weight is 159 g/mol. The van der Waals surface area contributed by atoms with E-state index >= 15 is 0 Å². The number of nitrogens with two attached hydrogens (primary N) is 2. The first kappa shape index (κ1) is 10.1. The number of hydrazine groups is 1. The average Bonchev–Trinajstić information content (AvgIpc) is 2.02. The van der Waals surface area contributed by atoms with E-state index in [0.29, 0.717) is 6.42 Å². The van der Waals surface area contributed by atoms with Crippen LogP contribution in [0.1, 0.15) is 13.3 Å². The molecule has 5 nitrogen and oxygen atoms in total. The molecule has 0 aliphatic carbocycles. The van der Waals surface area contributed by atoms with E-state index in [1.807, 2.05) is 5.43 Å². The predicted octanol–water partition coefficient (Wildman–Crippen LogP) is -1.47. The highest BCUT2D eigenvalue weighted by molar-refractivity contribution is 5.81. The van der Waals surface area contributed by atoms with Gasteiger partial charge in [-0.05, 0) is 6.42 Å². The molecule has 11 heavy (non-hydrogen) atoms. The highest BCUT2D eigenvalue weighted by Crippen LogP contribution is 2.00. The quantitative estimate of drug-likeness (QED) is 0.202. The molecule has 0 rings (SSSR count). The highest BCUT2D eigenvalue weighted by atomic mass is 16.2. The lowest BCUT2D eigenvalue weighted by atomic mass is 10.0. The summed E-state index contributed by atoms with van der Waals surface area (Å²) in [7, 11) is 0. The molecule has 0 aliphatic rings. The Labute approximate surface area is 65.1 Å². The zero-order valence-corrected chi connectivity index (χ0v) is 6.41. The van der Waals surface area contributed by atoms with Crippen LogP contribution >= 0.6 is 0 Å². The van der Waals surface area contributed by atoms with E-state index in [0.717, 1.165) is 6.29 Å². The van der Waals surface area contributed by atoms with Gasteiger partial charge in [-0.3, -0.25) is 10.2 Å². The second-order valence-electron chi connectivity index (χ2n) is 2.46. The molecule has 0 aliphatic heterocycles. The van der Waals surface area contributed by atoms with Gasteiger partial charge in [0.2, 0.25) is 0 Å². The Hall–Kier alpha value is -0.940. The maximum Gasteiger partial charge on any atom is 0.250 e. The number of amides is 1. The molecule has 0 saturated carbocycles. The Morgan fingerprint density at radius 1 is 1.73 bits per heavy atom. The third kappa shape index (κ3) is 3.69. The standard InChI is InChI=1S/C6H13N3O2/c1-4(3-10)2-5(7)6(11)9-8/h3-5H,2,7-8H2,1H3,(H,9,11)/t4?,5-/m0/s1. The minimum Gasteiger partial charge on any atom is -0.320 e.